The summed E-state index contributed by atoms with van der Waals surface area (Å²) < 4.78 is 0. The van der Waals surface area contributed by atoms with Gasteiger partial charge in [0.1, 0.15) is 0 Å². The molecule has 0 spiro atoms. The van der Waals surface area contributed by atoms with E-state index in [0.717, 1.165) is 24.3 Å². The average molecular weight is 329 g/mol. The van der Waals surface area contributed by atoms with Gasteiger partial charge >= 0.3 is 0 Å². The number of hydrogen-bond donors (Lipinski definition) is 4. The number of aliphatic hydroxyl groups is 3. The molecule has 0 aliphatic rings. The van der Waals surface area contributed by atoms with Crippen molar-refractivity contribution in [2.45, 2.75) is 56.2 Å². The zero-order valence-corrected chi connectivity index (χ0v) is 14.6. The molecule has 0 aromatic heterocycles. The first-order valence-electron chi connectivity index (χ1n) is 6.73. The predicted octanol–water partition coefficient (Wildman–Crippen LogP) is 2.60. The summed E-state index contributed by atoms with van der Waals surface area (Å²) >= 11 is 7.62. The molecule has 0 aliphatic heterocycles. The first-order chi connectivity index (χ1) is 8.85. The van der Waals surface area contributed by atoms with Crippen LogP contribution in [0.5, 0.6) is 0 Å². The fraction of sp³-hybridized carbons (Fsp3) is 1.00. The molecule has 3 unspecified atom stereocenters. The Kier molecular flexibility index (Phi) is 11.1. The molecule has 0 aliphatic carbocycles. The molecule has 0 fully saturated rings. The minimum absolute atomic E-state index is 0.0465. The maximum Gasteiger partial charge on any atom is 0.0964 e. The van der Waals surface area contributed by atoms with Crippen molar-refractivity contribution in [2.24, 2.45) is 5.41 Å². The third-order valence-corrected chi connectivity index (χ3v) is 6.11. The lowest BCUT2D eigenvalue weighted by Gasteiger charge is -2.35. The molecule has 0 aromatic rings. The molecular formula is C13H28O3S3. The van der Waals surface area contributed by atoms with Crippen molar-refractivity contribution in [3.63, 3.8) is 0 Å². The molecule has 0 saturated heterocycles. The fourth-order valence-corrected chi connectivity index (χ4v) is 4.52. The van der Waals surface area contributed by atoms with Crippen LogP contribution in [0, 0.1) is 5.41 Å². The summed E-state index contributed by atoms with van der Waals surface area (Å²) in [5.41, 5.74) is -0.706. The Labute approximate surface area is 131 Å². The van der Waals surface area contributed by atoms with Gasteiger partial charge < -0.3 is 15.3 Å². The van der Waals surface area contributed by atoms with E-state index in [1.54, 1.807) is 13.8 Å². The fourth-order valence-electron chi connectivity index (χ4n) is 1.85. The zero-order valence-electron chi connectivity index (χ0n) is 12.1. The monoisotopic (exact) mass is 328 g/mol. The Morgan fingerprint density at radius 2 is 1.58 bits per heavy atom. The number of aliphatic hydroxyl groups excluding tert-OH is 3. The molecule has 3 N–H and O–H groups in total. The first-order valence-corrected chi connectivity index (χ1v) is 9.35. The summed E-state index contributed by atoms with van der Waals surface area (Å²) in [5.74, 6) is 1.70. The van der Waals surface area contributed by atoms with Gasteiger partial charge in [0.05, 0.1) is 10.9 Å². The summed E-state index contributed by atoms with van der Waals surface area (Å²) in [6, 6.07) is 0. The van der Waals surface area contributed by atoms with Crippen LogP contribution >= 0.6 is 36.2 Å². The molecule has 0 aromatic carbocycles. The van der Waals surface area contributed by atoms with E-state index in [9.17, 15) is 10.2 Å². The molecule has 0 radical (unpaired) electrons. The van der Waals surface area contributed by atoms with E-state index in [1.807, 2.05) is 0 Å². The summed E-state index contributed by atoms with van der Waals surface area (Å²) in [4.78, 5) is 0. The van der Waals surface area contributed by atoms with E-state index in [4.69, 9.17) is 5.11 Å². The third kappa shape index (κ3) is 9.47. The second kappa shape index (κ2) is 10.6. The Balaban J connectivity index is 4.62. The Morgan fingerprint density at radius 3 is 1.89 bits per heavy atom. The van der Waals surface area contributed by atoms with Gasteiger partial charge in [-0.05, 0) is 38.5 Å². The third-order valence-electron chi connectivity index (χ3n) is 3.14. The van der Waals surface area contributed by atoms with E-state index in [0.29, 0.717) is 6.42 Å². The van der Waals surface area contributed by atoms with Crippen molar-refractivity contribution in [1.29, 1.82) is 0 Å². The number of rotatable bonds is 11. The molecule has 3 atom stereocenters. The number of thioether (sulfide) groups is 2. The smallest absolute Gasteiger partial charge is 0.0964 e. The molecular weight excluding hydrogens is 300 g/mol. The summed E-state index contributed by atoms with van der Waals surface area (Å²) in [7, 11) is 0. The van der Waals surface area contributed by atoms with E-state index in [2.05, 4.69) is 19.6 Å². The van der Waals surface area contributed by atoms with E-state index in [-0.39, 0.29) is 28.1 Å². The van der Waals surface area contributed by atoms with Crippen molar-refractivity contribution in [3.8, 4) is 0 Å². The van der Waals surface area contributed by atoms with Gasteiger partial charge in [0.15, 0.2) is 0 Å². The number of hydrogen-bond acceptors (Lipinski definition) is 6. The topological polar surface area (TPSA) is 60.7 Å². The van der Waals surface area contributed by atoms with Gasteiger partial charge in [-0.2, -0.15) is 12.6 Å². The van der Waals surface area contributed by atoms with Gasteiger partial charge in [-0.25, -0.2) is 0 Å². The Bertz CT molecular complexity index is 213. The van der Waals surface area contributed by atoms with Crippen LogP contribution in [0.3, 0.4) is 0 Å². The largest absolute Gasteiger partial charge is 0.396 e. The second-order valence-electron chi connectivity index (χ2n) is 5.04. The molecule has 3 nitrogen and oxygen atoms in total. The van der Waals surface area contributed by atoms with Crippen LogP contribution in [0.2, 0.25) is 0 Å². The molecule has 0 heterocycles. The van der Waals surface area contributed by atoms with Crippen LogP contribution in [0.1, 0.15) is 40.0 Å². The lowest BCUT2D eigenvalue weighted by atomic mass is 9.84. The van der Waals surface area contributed by atoms with Crippen molar-refractivity contribution < 1.29 is 15.3 Å². The highest BCUT2D eigenvalue weighted by Gasteiger charge is 2.31. The van der Waals surface area contributed by atoms with Crippen LogP contribution in [0.15, 0.2) is 0 Å². The van der Waals surface area contributed by atoms with Crippen LogP contribution in [-0.4, -0.2) is 49.6 Å². The maximum absolute atomic E-state index is 9.47. The zero-order chi connectivity index (χ0) is 14.9. The Morgan fingerprint density at radius 1 is 1.11 bits per heavy atom. The highest BCUT2D eigenvalue weighted by Crippen LogP contribution is 2.39. The lowest BCUT2D eigenvalue weighted by Crippen LogP contribution is -2.31. The Hall–Kier alpha value is 0.930. The van der Waals surface area contributed by atoms with Gasteiger partial charge in [0.2, 0.25) is 0 Å². The predicted molar refractivity (Wildman–Crippen MR) is 90.1 cm³/mol. The van der Waals surface area contributed by atoms with E-state index in [1.165, 1.54) is 23.5 Å². The van der Waals surface area contributed by atoms with Gasteiger partial charge in [0.25, 0.3) is 0 Å². The normalized spacial score (nSPS) is 19.7. The van der Waals surface area contributed by atoms with Gasteiger partial charge in [-0.1, -0.05) is 6.92 Å². The quantitative estimate of drug-likeness (QED) is 0.347. The van der Waals surface area contributed by atoms with Gasteiger partial charge in [-0.15, -0.1) is 23.5 Å². The van der Waals surface area contributed by atoms with Crippen molar-refractivity contribution in [1.82, 2.24) is 0 Å². The first kappa shape index (κ1) is 19.9. The number of thiol groups is 1. The molecule has 19 heavy (non-hydrogen) atoms. The van der Waals surface area contributed by atoms with Crippen molar-refractivity contribution in [2.75, 3.05) is 18.1 Å². The van der Waals surface area contributed by atoms with E-state index < -0.39 is 0 Å². The van der Waals surface area contributed by atoms with Crippen LogP contribution < -0.4 is 0 Å². The highest BCUT2D eigenvalue weighted by atomic mass is 32.2. The van der Waals surface area contributed by atoms with Gasteiger partial charge in [0, 0.05) is 23.4 Å². The summed E-state index contributed by atoms with van der Waals surface area (Å²) in [5, 5.41) is 28.1. The molecule has 0 saturated carbocycles. The second-order valence-corrected chi connectivity index (χ2v) is 8.38. The highest BCUT2D eigenvalue weighted by molar-refractivity contribution is 8.00. The molecule has 0 amide bonds. The van der Waals surface area contributed by atoms with Crippen LogP contribution in [0.25, 0.3) is 0 Å². The summed E-state index contributed by atoms with van der Waals surface area (Å²) in [6.07, 6.45) is 2.56. The minimum atomic E-state index is -0.376. The van der Waals surface area contributed by atoms with Crippen LogP contribution in [0.4, 0.5) is 0 Å². The minimum Gasteiger partial charge on any atom is -0.396 e. The SMILES string of the molecule is CCC(CSC(C)O)(CSC(C)O)CC(S)CCO. The van der Waals surface area contributed by atoms with Gasteiger partial charge in [-0.3, -0.25) is 0 Å². The summed E-state index contributed by atoms with van der Waals surface area (Å²) in [6.45, 7) is 5.85. The lowest BCUT2D eigenvalue weighted by molar-refractivity contribution is 0.259. The molecule has 0 rings (SSSR count). The molecule has 116 valence electrons. The maximum atomic E-state index is 9.47. The van der Waals surface area contributed by atoms with Crippen LogP contribution in [-0.2, 0) is 0 Å². The molecule has 0 bridgehead atoms. The van der Waals surface area contributed by atoms with Crippen molar-refractivity contribution in [3.05, 3.63) is 0 Å². The van der Waals surface area contributed by atoms with Crippen molar-refractivity contribution >= 4 is 36.2 Å². The average Bonchev–Trinajstić information content (AvgIpc) is 2.33. The standard InChI is InChI=1S/C13H28O3S3/c1-4-13(8-18-10(2)15,9-19-11(3)16)7-12(17)5-6-14/h10-12,14-17H,4-9H2,1-3H3. The van der Waals surface area contributed by atoms with E-state index >= 15 is 0 Å². The molecule has 6 heteroatoms.